The molecule has 0 amide bonds. The van der Waals surface area contributed by atoms with Crippen LogP contribution in [0.5, 0.6) is 0 Å². The molecule has 4 aliphatic carbocycles. The zero-order valence-electron chi connectivity index (χ0n) is 14.7. The van der Waals surface area contributed by atoms with Crippen molar-refractivity contribution in [2.45, 2.75) is 78.2 Å². The van der Waals surface area contributed by atoms with Crippen molar-refractivity contribution in [3.8, 4) is 0 Å². The first-order valence-corrected chi connectivity index (χ1v) is 9.86. The van der Waals surface area contributed by atoms with Gasteiger partial charge in [-0.1, -0.05) is 39.3 Å². The number of fused-ring (bicyclic) bond motifs is 5. The van der Waals surface area contributed by atoms with Gasteiger partial charge in [-0.05, 0) is 85.4 Å². The predicted molar refractivity (Wildman–Crippen MR) is 91.4 cm³/mol. The molecule has 0 aromatic heterocycles. The Kier molecular flexibility index (Phi) is 3.53. The molecule has 3 saturated carbocycles. The molecule has 1 N–H and O–H groups in total. The van der Waals surface area contributed by atoms with Crippen molar-refractivity contribution in [2.75, 3.05) is 0 Å². The molecule has 0 radical (unpaired) electrons. The fourth-order valence-corrected chi connectivity index (χ4v) is 7.57. The van der Waals surface area contributed by atoms with Crippen molar-refractivity contribution in [1.29, 1.82) is 0 Å². The van der Waals surface area contributed by atoms with Gasteiger partial charge >= 0.3 is 0 Å². The number of rotatable bonds is 1. The molecular formula is C21H34O. The summed E-state index contributed by atoms with van der Waals surface area (Å²) in [6.07, 6.45) is 15.4. The van der Waals surface area contributed by atoms with E-state index in [9.17, 15) is 5.11 Å². The van der Waals surface area contributed by atoms with Crippen LogP contribution in [0, 0.1) is 40.4 Å². The van der Waals surface area contributed by atoms with Crippen LogP contribution in [0.25, 0.3) is 0 Å². The van der Waals surface area contributed by atoms with Gasteiger partial charge in [0.15, 0.2) is 0 Å². The highest BCUT2D eigenvalue weighted by Gasteiger charge is 2.58. The second-order valence-corrected chi connectivity index (χ2v) is 9.41. The topological polar surface area (TPSA) is 20.2 Å². The minimum atomic E-state index is -0.181. The lowest BCUT2D eigenvalue weighted by Gasteiger charge is -2.59. The van der Waals surface area contributed by atoms with Crippen LogP contribution < -0.4 is 0 Å². The van der Waals surface area contributed by atoms with Crippen LogP contribution in [0.4, 0.5) is 0 Å². The minimum absolute atomic E-state index is 0.181. The lowest BCUT2D eigenvalue weighted by atomic mass is 9.46. The van der Waals surface area contributed by atoms with Crippen molar-refractivity contribution in [2.24, 2.45) is 40.4 Å². The molecule has 0 spiro atoms. The lowest BCUT2D eigenvalue weighted by Crippen LogP contribution is -2.52. The van der Waals surface area contributed by atoms with Gasteiger partial charge in [-0.25, -0.2) is 0 Å². The molecule has 8 atom stereocenters. The third kappa shape index (κ3) is 1.93. The molecule has 0 aliphatic heterocycles. The molecule has 4 aliphatic rings. The summed E-state index contributed by atoms with van der Waals surface area (Å²) in [5, 5.41) is 10.0. The van der Waals surface area contributed by atoms with Gasteiger partial charge in [-0.3, -0.25) is 0 Å². The highest BCUT2D eigenvalue weighted by molar-refractivity contribution is 5.17. The molecule has 3 fully saturated rings. The van der Waals surface area contributed by atoms with E-state index < -0.39 is 0 Å². The van der Waals surface area contributed by atoms with Gasteiger partial charge in [-0.15, -0.1) is 0 Å². The molecule has 22 heavy (non-hydrogen) atoms. The average Bonchev–Trinajstić information content (AvgIpc) is 2.84. The molecule has 1 nitrogen and oxygen atoms in total. The Morgan fingerprint density at radius 1 is 1.05 bits per heavy atom. The van der Waals surface area contributed by atoms with Crippen molar-refractivity contribution >= 4 is 0 Å². The summed E-state index contributed by atoms with van der Waals surface area (Å²) < 4.78 is 0. The maximum Gasteiger partial charge on any atom is 0.0724 e. The molecule has 1 heteroatoms. The first-order valence-electron chi connectivity index (χ1n) is 9.86. The van der Waals surface area contributed by atoms with Gasteiger partial charge < -0.3 is 5.11 Å². The number of allylic oxidation sites excluding steroid dienone is 1. The van der Waals surface area contributed by atoms with Crippen LogP contribution in [0.1, 0.15) is 72.1 Å². The summed E-state index contributed by atoms with van der Waals surface area (Å²) in [7, 11) is 0. The maximum absolute atomic E-state index is 10.0. The molecule has 2 unspecified atom stereocenters. The van der Waals surface area contributed by atoms with Crippen LogP contribution in [0.15, 0.2) is 12.2 Å². The van der Waals surface area contributed by atoms with Crippen LogP contribution in [-0.2, 0) is 0 Å². The molecule has 124 valence electrons. The number of aliphatic hydroxyl groups excluding tert-OH is 1. The summed E-state index contributed by atoms with van der Waals surface area (Å²) >= 11 is 0. The smallest absolute Gasteiger partial charge is 0.0724 e. The van der Waals surface area contributed by atoms with Crippen LogP contribution >= 0.6 is 0 Å². The Bertz CT molecular complexity index is 469. The fraction of sp³-hybridized carbons (Fsp3) is 0.905. The summed E-state index contributed by atoms with van der Waals surface area (Å²) in [6.45, 7) is 7.56. The van der Waals surface area contributed by atoms with Crippen LogP contribution in [0.2, 0.25) is 0 Å². The van der Waals surface area contributed by atoms with E-state index in [-0.39, 0.29) is 6.10 Å². The van der Waals surface area contributed by atoms with Crippen molar-refractivity contribution < 1.29 is 5.11 Å². The lowest BCUT2D eigenvalue weighted by molar-refractivity contribution is -0.0859. The Morgan fingerprint density at radius 3 is 2.64 bits per heavy atom. The van der Waals surface area contributed by atoms with Gasteiger partial charge in [0, 0.05) is 0 Å². The summed E-state index contributed by atoms with van der Waals surface area (Å²) in [4.78, 5) is 0. The van der Waals surface area contributed by atoms with Crippen molar-refractivity contribution in [1.82, 2.24) is 0 Å². The van der Waals surface area contributed by atoms with E-state index in [1.54, 1.807) is 0 Å². The first-order chi connectivity index (χ1) is 10.5. The van der Waals surface area contributed by atoms with E-state index in [1.807, 2.05) is 0 Å². The highest BCUT2D eigenvalue weighted by Crippen LogP contribution is 2.66. The third-order valence-electron chi connectivity index (χ3n) is 8.86. The second-order valence-electron chi connectivity index (χ2n) is 9.41. The minimum Gasteiger partial charge on any atom is -0.389 e. The van der Waals surface area contributed by atoms with E-state index in [0.717, 1.165) is 36.0 Å². The summed E-state index contributed by atoms with van der Waals surface area (Å²) in [5.41, 5.74) is 1.00. The van der Waals surface area contributed by atoms with Crippen molar-refractivity contribution in [3.63, 3.8) is 0 Å². The Hall–Kier alpha value is -0.300. The van der Waals surface area contributed by atoms with E-state index in [0.29, 0.717) is 10.8 Å². The normalized spacial score (nSPS) is 57.1. The van der Waals surface area contributed by atoms with E-state index >= 15 is 0 Å². The molecule has 0 saturated heterocycles. The molecule has 0 aromatic carbocycles. The molecule has 0 heterocycles. The van der Waals surface area contributed by atoms with Gasteiger partial charge in [-0.2, -0.15) is 0 Å². The largest absolute Gasteiger partial charge is 0.389 e. The second kappa shape index (κ2) is 5.10. The molecule has 0 aromatic rings. The van der Waals surface area contributed by atoms with Gasteiger partial charge in [0.2, 0.25) is 0 Å². The highest BCUT2D eigenvalue weighted by atomic mass is 16.3. The quantitative estimate of drug-likeness (QED) is 0.661. The van der Waals surface area contributed by atoms with Gasteiger partial charge in [0.05, 0.1) is 6.10 Å². The first kappa shape index (κ1) is 15.2. The standard InChI is InChI=1S/C21H34O/c1-4-14-6-8-18-17-7-5-15-13-16(22)9-11-21(15,3)19(17)10-12-20(14,18)2/h9,11,14-19,22H,4-8,10,12-13H2,1-3H3/t14-,15?,16?,17-,18-,19-,20+,21-/m0/s1. The number of hydrogen-bond acceptors (Lipinski definition) is 1. The zero-order valence-corrected chi connectivity index (χ0v) is 14.7. The molecular weight excluding hydrogens is 268 g/mol. The zero-order chi connectivity index (χ0) is 15.5. The fourth-order valence-electron chi connectivity index (χ4n) is 7.57. The van der Waals surface area contributed by atoms with Crippen LogP contribution in [0.3, 0.4) is 0 Å². The Labute approximate surface area is 136 Å². The summed E-state index contributed by atoms with van der Waals surface area (Å²) in [6, 6.07) is 0. The average molecular weight is 303 g/mol. The van der Waals surface area contributed by atoms with Crippen LogP contribution in [-0.4, -0.2) is 11.2 Å². The maximum atomic E-state index is 10.0. The monoisotopic (exact) mass is 302 g/mol. The van der Waals surface area contributed by atoms with E-state index in [4.69, 9.17) is 0 Å². The van der Waals surface area contributed by atoms with E-state index in [2.05, 4.69) is 32.9 Å². The summed E-state index contributed by atoms with van der Waals surface area (Å²) in [5.74, 6) is 4.52. The van der Waals surface area contributed by atoms with Crippen molar-refractivity contribution in [3.05, 3.63) is 12.2 Å². The SMILES string of the molecule is CC[C@H]1CC[C@H]2[C@@H]3CCC4CC(O)C=C[C@]4(C)[C@H]3CC[C@]12C. The molecule has 4 rings (SSSR count). The van der Waals surface area contributed by atoms with Gasteiger partial charge in [0.1, 0.15) is 0 Å². The molecule has 0 bridgehead atoms. The van der Waals surface area contributed by atoms with Gasteiger partial charge in [0.25, 0.3) is 0 Å². The third-order valence-corrected chi connectivity index (χ3v) is 8.86. The number of hydrogen-bond donors (Lipinski definition) is 1. The number of aliphatic hydroxyl groups is 1. The Balaban J connectivity index is 1.65. The predicted octanol–water partition coefficient (Wildman–Crippen LogP) is 5.19. The van der Waals surface area contributed by atoms with E-state index in [1.165, 1.54) is 44.9 Å². The Morgan fingerprint density at radius 2 is 1.86 bits per heavy atom.